The average Bonchev–Trinajstić information content (AvgIpc) is 2.48. The van der Waals surface area contributed by atoms with E-state index in [1.807, 2.05) is 0 Å². The van der Waals surface area contributed by atoms with E-state index < -0.39 is 0 Å². The van der Waals surface area contributed by atoms with Crippen molar-refractivity contribution in [3.63, 3.8) is 0 Å². The topological polar surface area (TPSA) is 80.0 Å². The standard InChI is InChI=1S/C18H27N5/c1-12(2)14-8-7-13(3)15(11-14)23-17(20)21-16(19)22-18(23)9-5-4-6-10-18/h7-8,11-12H,4-6,9-10H2,1-3H3,(H4,19,20,21,22). The molecule has 1 fully saturated rings. The molecule has 0 aromatic heterocycles. The summed E-state index contributed by atoms with van der Waals surface area (Å²) in [6, 6.07) is 6.58. The second-order valence-corrected chi connectivity index (χ2v) is 7.02. The number of aryl methyl sites for hydroxylation is 1. The summed E-state index contributed by atoms with van der Waals surface area (Å²) in [7, 11) is 0. The minimum Gasteiger partial charge on any atom is -0.369 e. The van der Waals surface area contributed by atoms with E-state index in [-0.39, 0.29) is 5.66 Å². The van der Waals surface area contributed by atoms with Crippen LogP contribution in [0, 0.1) is 6.92 Å². The van der Waals surface area contributed by atoms with Gasteiger partial charge in [-0.2, -0.15) is 4.99 Å². The normalized spacial score (nSPS) is 20.6. The predicted octanol–water partition coefficient (Wildman–Crippen LogP) is 3.23. The van der Waals surface area contributed by atoms with E-state index >= 15 is 0 Å². The first kappa shape index (κ1) is 15.8. The molecule has 23 heavy (non-hydrogen) atoms. The number of aliphatic imine (C=N–C) groups is 2. The summed E-state index contributed by atoms with van der Waals surface area (Å²) in [6.45, 7) is 6.52. The molecule has 1 aliphatic heterocycles. The van der Waals surface area contributed by atoms with Crippen LogP contribution in [0.2, 0.25) is 0 Å². The Morgan fingerprint density at radius 1 is 1.13 bits per heavy atom. The summed E-state index contributed by atoms with van der Waals surface area (Å²) >= 11 is 0. The number of guanidine groups is 2. The van der Waals surface area contributed by atoms with Crippen LogP contribution in [0.3, 0.4) is 0 Å². The Bertz CT molecular complexity index is 653. The van der Waals surface area contributed by atoms with Crippen molar-refractivity contribution in [1.82, 2.24) is 0 Å². The van der Waals surface area contributed by atoms with Crippen LogP contribution in [0.4, 0.5) is 5.69 Å². The fraction of sp³-hybridized carbons (Fsp3) is 0.556. The van der Waals surface area contributed by atoms with E-state index in [1.165, 1.54) is 17.5 Å². The van der Waals surface area contributed by atoms with Gasteiger partial charge in [-0.3, -0.25) is 4.90 Å². The number of nitrogens with two attached hydrogens (primary N) is 2. The zero-order valence-electron chi connectivity index (χ0n) is 14.3. The Kier molecular flexibility index (Phi) is 4.04. The molecule has 4 N–H and O–H groups in total. The van der Waals surface area contributed by atoms with Crippen LogP contribution < -0.4 is 16.4 Å². The smallest absolute Gasteiger partial charge is 0.220 e. The second-order valence-electron chi connectivity index (χ2n) is 7.02. The lowest BCUT2D eigenvalue weighted by Gasteiger charge is -2.46. The summed E-state index contributed by atoms with van der Waals surface area (Å²) in [6.07, 6.45) is 5.46. The third-order valence-electron chi connectivity index (χ3n) is 4.99. The number of benzene rings is 1. The fourth-order valence-electron chi connectivity index (χ4n) is 3.70. The minimum absolute atomic E-state index is 0.304. The minimum atomic E-state index is -0.367. The van der Waals surface area contributed by atoms with Crippen molar-refractivity contribution in [2.24, 2.45) is 21.5 Å². The molecule has 0 bridgehead atoms. The molecule has 1 aliphatic carbocycles. The molecule has 124 valence electrons. The van der Waals surface area contributed by atoms with E-state index in [0.717, 1.165) is 31.4 Å². The van der Waals surface area contributed by atoms with Crippen molar-refractivity contribution >= 4 is 17.6 Å². The maximum absolute atomic E-state index is 6.32. The molecule has 1 aromatic carbocycles. The lowest BCUT2D eigenvalue weighted by molar-refractivity contribution is 0.305. The zero-order chi connectivity index (χ0) is 16.6. The molecular formula is C18H27N5. The van der Waals surface area contributed by atoms with Gasteiger partial charge in [-0.1, -0.05) is 32.4 Å². The van der Waals surface area contributed by atoms with Crippen LogP contribution in [0.15, 0.2) is 28.2 Å². The Morgan fingerprint density at radius 2 is 1.83 bits per heavy atom. The van der Waals surface area contributed by atoms with E-state index in [4.69, 9.17) is 16.5 Å². The Morgan fingerprint density at radius 3 is 2.48 bits per heavy atom. The van der Waals surface area contributed by atoms with Crippen LogP contribution >= 0.6 is 0 Å². The third kappa shape index (κ3) is 2.80. The van der Waals surface area contributed by atoms with Crippen molar-refractivity contribution in [3.05, 3.63) is 29.3 Å². The van der Waals surface area contributed by atoms with Crippen molar-refractivity contribution < 1.29 is 0 Å². The number of hydrogen-bond donors (Lipinski definition) is 2. The summed E-state index contributed by atoms with van der Waals surface area (Å²) in [5.41, 5.74) is 15.5. The van der Waals surface area contributed by atoms with Gasteiger partial charge in [0.15, 0.2) is 0 Å². The van der Waals surface area contributed by atoms with Crippen molar-refractivity contribution in [1.29, 1.82) is 0 Å². The van der Waals surface area contributed by atoms with Crippen molar-refractivity contribution in [2.45, 2.75) is 64.5 Å². The van der Waals surface area contributed by atoms with Crippen LogP contribution in [-0.4, -0.2) is 17.6 Å². The molecule has 5 nitrogen and oxygen atoms in total. The number of rotatable bonds is 2. The second kappa shape index (κ2) is 5.87. The first-order chi connectivity index (χ1) is 10.9. The number of anilines is 1. The van der Waals surface area contributed by atoms with Gasteiger partial charge in [0.25, 0.3) is 0 Å². The lowest BCUT2D eigenvalue weighted by Crippen LogP contribution is -2.58. The van der Waals surface area contributed by atoms with Gasteiger partial charge >= 0.3 is 0 Å². The van der Waals surface area contributed by atoms with Crippen LogP contribution in [0.25, 0.3) is 0 Å². The molecule has 0 amide bonds. The van der Waals surface area contributed by atoms with Gasteiger partial charge in [0.1, 0.15) is 5.66 Å². The highest BCUT2D eigenvalue weighted by Crippen LogP contribution is 2.41. The quantitative estimate of drug-likeness (QED) is 0.879. The monoisotopic (exact) mass is 313 g/mol. The van der Waals surface area contributed by atoms with Gasteiger partial charge in [0.2, 0.25) is 11.9 Å². The highest BCUT2D eigenvalue weighted by molar-refractivity contribution is 6.06. The van der Waals surface area contributed by atoms with Gasteiger partial charge < -0.3 is 11.5 Å². The zero-order valence-corrected chi connectivity index (χ0v) is 14.3. The van der Waals surface area contributed by atoms with Crippen molar-refractivity contribution in [2.75, 3.05) is 4.90 Å². The molecule has 0 atom stereocenters. The maximum atomic E-state index is 6.32. The summed E-state index contributed by atoms with van der Waals surface area (Å²) < 4.78 is 0. The summed E-state index contributed by atoms with van der Waals surface area (Å²) in [5.74, 6) is 1.23. The molecule has 3 rings (SSSR count). The van der Waals surface area contributed by atoms with Gasteiger partial charge in [0.05, 0.1) is 0 Å². The molecule has 0 unspecified atom stereocenters. The molecule has 1 spiro atoms. The third-order valence-corrected chi connectivity index (χ3v) is 4.99. The van der Waals surface area contributed by atoms with Gasteiger partial charge in [-0.05, 0) is 55.7 Å². The molecular weight excluding hydrogens is 286 g/mol. The summed E-state index contributed by atoms with van der Waals surface area (Å²) in [5, 5.41) is 0. The average molecular weight is 313 g/mol. The Hall–Kier alpha value is -2.04. The molecule has 1 saturated carbocycles. The predicted molar refractivity (Wildman–Crippen MR) is 96.8 cm³/mol. The first-order valence-corrected chi connectivity index (χ1v) is 8.53. The lowest BCUT2D eigenvalue weighted by atomic mass is 9.86. The molecule has 5 heteroatoms. The Labute approximate surface area is 138 Å². The van der Waals surface area contributed by atoms with Crippen LogP contribution in [-0.2, 0) is 0 Å². The van der Waals surface area contributed by atoms with Gasteiger partial charge in [-0.25, -0.2) is 4.99 Å². The highest BCUT2D eigenvalue weighted by atomic mass is 15.4. The largest absolute Gasteiger partial charge is 0.369 e. The highest BCUT2D eigenvalue weighted by Gasteiger charge is 2.43. The van der Waals surface area contributed by atoms with E-state index in [1.54, 1.807) is 0 Å². The van der Waals surface area contributed by atoms with E-state index in [9.17, 15) is 0 Å². The van der Waals surface area contributed by atoms with Gasteiger partial charge in [0, 0.05) is 5.69 Å². The molecule has 2 aliphatic rings. The fourth-order valence-corrected chi connectivity index (χ4v) is 3.70. The number of hydrogen-bond acceptors (Lipinski definition) is 5. The molecule has 1 aromatic rings. The molecule has 1 heterocycles. The van der Waals surface area contributed by atoms with E-state index in [0.29, 0.717) is 17.8 Å². The van der Waals surface area contributed by atoms with Gasteiger partial charge in [-0.15, -0.1) is 0 Å². The number of nitrogens with zero attached hydrogens (tertiary/aromatic N) is 3. The maximum Gasteiger partial charge on any atom is 0.220 e. The van der Waals surface area contributed by atoms with Crippen LogP contribution in [0.1, 0.15) is 63.0 Å². The van der Waals surface area contributed by atoms with Crippen LogP contribution in [0.5, 0.6) is 0 Å². The molecule has 0 radical (unpaired) electrons. The molecule has 0 saturated heterocycles. The first-order valence-electron chi connectivity index (χ1n) is 8.53. The Balaban J connectivity index is 2.12. The van der Waals surface area contributed by atoms with E-state index in [2.05, 4.69) is 48.9 Å². The summed E-state index contributed by atoms with van der Waals surface area (Å²) in [4.78, 5) is 11.1. The van der Waals surface area contributed by atoms with Crippen molar-refractivity contribution in [3.8, 4) is 0 Å². The SMILES string of the molecule is Cc1ccc(C(C)C)cc1N1C(N)=NC(N)=NC12CCCCC2.